The largest absolute Gasteiger partial charge is 0.264 e. The number of hydrogen-bond donors (Lipinski definition) is 0. The molecule has 1 aliphatic carbocycles. The molecule has 0 radical (unpaired) electrons. The summed E-state index contributed by atoms with van der Waals surface area (Å²) in [4.78, 5) is 8.47. The van der Waals surface area contributed by atoms with Crippen LogP contribution in [0.3, 0.4) is 0 Å². The molecular formula is C11H8N2. The van der Waals surface area contributed by atoms with Crippen LogP contribution in [0.25, 0.3) is 11.1 Å². The van der Waals surface area contributed by atoms with Crippen molar-refractivity contribution in [1.29, 1.82) is 0 Å². The average Bonchev–Trinajstić information content (AvgIpc) is 2.56. The Morgan fingerprint density at radius 1 is 1.08 bits per heavy atom. The zero-order valence-corrected chi connectivity index (χ0v) is 7.07. The maximum absolute atomic E-state index is 4.35. The van der Waals surface area contributed by atoms with E-state index in [2.05, 4.69) is 22.1 Å². The molecule has 0 saturated heterocycles. The molecule has 1 aliphatic rings. The summed E-state index contributed by atoms with van der Waals surface area (Å²) in [5, 5.41) is 0. The van der Waals surface area contributed by atoms with E-state index in [-0.39, 0.29) is 0 Å². The maximum atomic E-state index is 4.35. The summed E-state index contributed by atoms with van der Waals surface area (Å²) in [6.07, 6.45) is 6.56. The smallest absolute Gasteiger partial charge is 0.0526 e. The van der Waals surface area contributed by atoms with Gasteiger partial charge in [0.15, 0.2) is 0 Å². The van der Waals surface area contributed by atoms with Crippen molar-refractivity contribution in [2.24, 2.45) is 0 Å². The Morgan fingerprint density at radius 2 is 2.08 bits per heavy atom. The van der Waals surface area contributed by atoms with Gasteiger partial charge in [-0.15, -0.1) is 0 Å². The maximum Gasteiger partial charge on any atom is 0.0526 e. The van der Waals surface area contributed by atoms with Gasteiger partial charge >= 0.3 is 0 Å². The quantitative estimate of drug-likeness (QED) is 0.513. The van der Waals surface area contributed by atoms with E-state index in [1.165, 1.54) is 22.4 Å². The van der Waals surface area contributed by atoms with Gasteiger partial charge in [0.05, 0.1) is 5.69 Å². The van der Waals surface area contributed by atoms with Gasteiger partial charge in [-0.1, -0.05) is 6.07 Å². The van der Waals surface area contributed by atoms with Gasteiger partial charge < -0.3 is 0 Å². The third-order valence-electron chi connectivity index (χ3n) is 2.45. The van der Waals surface area contributed by atoms with Crippen LogP contribution in [0.4, 0.5) is 0 Å². The van der Waals surface area contributed by atoms with Crippen LogP contribution in [0.5, 0.6) is 0 Å². The summed E-state index contributed by atoms with van der Waals surface area (Å²) in [7, 11) is 0. The zero-order valence-electron chi connectivity index (χ0n) is 7.07. The lowest BCUT2D eigenvalue weighted by atomic mass is 10.1. The minimum Gasteiger partial charge on any atom is -0.264 e. The zero-order chi connectivity index (χ0) is 8.67. The van der Waals surface area contributed by atoms with Crippen LogP contribution < -0.4 is 0 Å². The van der Waals surface area contributed by atoms with Crippen LogP contribution in [0.2, 0.25) is 0 Å². The third-order valence-corrected chi connectivity index (χ3v) is 2.45. The van der Waals surface area contributed by atoms with Gasteiger partial charge in [0.25, 0.3) is 0 Å². The van der Waals surface area contributed by atoms with Crippen LogP contribution in [0.1, 0.15) is 11.3 Å². The highest BCUT2D eigenvalue weighted by Gasteiger charge is 2.17. The average molecular weight is 168 g/mol. The fourth-order valence-electron chi connectivity index (χ4n) is 1.82. The summed E-state index contributed by atoms with van der Waals surface area (Å²) in [5.74, 6) is 0. The normalized spacial score (nSPS) is 12.3. The number of aromatic nitrogens is 2. The Balaban J connectivity index is 2.32. The minimum atomic E-state index is 0.952. The molecule has 2 aromatic rings. The highest BCUT2D eigenvalue weighted by Crippen LogP contribution is 2.33. The third kappa shape index (κ3) is 0.886. The Labute approximate surface area is 76.3 Å². The van der Waals surface area contributed by atoms with Gasteiger partial charge in [0.2, 0.25) is 0 Å². The van der Waals surface area contributed by atoms with Gasteiger partial charge in [-0.3, -0.25) is 9.97 Å². The minimum absolute atomic E-state index is 0.952. The Kier molecular flexibility index (Phi) is 1.25. The van der Waals surface area contributed by atoms with E-state index in [9.17, 15) is 0 Å². The first-order valence-corrected chi connectivity index (χ1v) is 4.32. The molecule has 0 unspecified atom stereocenters. The van der Waals surface area contributed by atoms with Gasteiger partial charge in [-0.05, 0) is 17.7 Å². The second-order valence-corrected chi connectivity index (χ2v) is 3.21. The second-order valence-electron chi connectivity index (χ2n) is 3.21. The Bertz CT molecular complexity index is 420. The van der Waals surface area contributed by atoms with Crippen molar-refractivity contribution in [3.8, 4) is 11.1 Å². The second kappa shape index (κ2) is 2.39. The van der Waals surface area contributed by atoms with E-state index in [1.807, 2.05) is 24.7 Å². The lowest BCUT2D eigenvalue weighted by Gasteiger charge is -1.96. The molecule has 0 fully saturated rings. The summed E-state index contributed by atoms with van der Waals surface area (Å²) >= 11 is 0. The van der Waals surface area contributed by atoms with E-state index in [0.717, 1.165) is 6.42 Å². The van der Waals surface area contributed by atoms with Crippen molar-refractivity contribution < 1.29 is 0 Å². The Hall–Kier alpha value is -1.70. The molecule has 2 nitrogen and oxygen atoms in total. The molecule has 2 aromatic heterocycles. The molecule has 0 spiro atoms. The van der Waals surface area contributed by atoms with E-state index in [0.29, 0.717) is 0 Å². The molecule has 0 atom stereocenters. The van der Waals surface area contributed by atoms with E-state index in [4.69, 9.17) is 0 Å². The number of pyridine rings is 2. The fraction of sp³-hybridized carbons (Fsp3) is 0.0909. The SMILES string of the molecule is c1cnc2c(c1)-c1cnccc1C2. The number of rotatable bonds is 0. The van der Waals surface area contributed by atoms with Crippen LogP contribution in [-0.2, 0) is 6.42 Å². The molecule has 0 N–H and O–H groups in total. The molecule has 2 heterocycles. The molecule has 2 heteroatoms. The first-order chi connectivity index (χ1) is 6.45. The van der Waals surface area contributed by atoms with Crippen molar-refractivity contribution in [3.05, 3.63) is 48.0 Å². The molecule has 0 saturated carbocycles. The van der Waals surface area contributed by atoms with Crippen molar-refractivity contribution in [2.75, 3.05) is 0 Å². The molecule has 13 heavy (non-hydrogen) atoms. The predicted molar refractivity (Wildman–Crippen MR) is 50.3 cm³/mol. The topological polar surface area (TPSA) is 25.8 Å². The molecule has 3 rings (SSSR count). The number of fused-ring (bicyclic) bond motifs is 3. The lowest BCUT2D eigenvalue weighted by Crippen LogP contribution is -1.83. The highest BCUT2D eigenvalue weighted by atomic mass is 14.7. The van der Waals surface area contributed by atoms with Gasteiger partial charge in [0.1, 0.15) is 0 Å². The van der Waals surface area contributed by atoms with E-state index >= 15 is 0 Å². The predicted octanol–water partition coefficient (Wildman–Crippen LogP) is 2.05. The van der Waals surface area contributed by atoms with Gasteiger partial charge in [-0.2, -0.15) is 0 Å². The van der Waals surface area contributed by atoms with E-state index in [1.54, 1.807) is 0 Å². The Morgan fingerprint density at radius 3 is 3.08 bits per heavy atom. The molecule has 62 valence electrons. The van der Waals surface area contributed by atoms with Crippen molar-refractivity contribution in [3.63, 3.8) is 0 Å². The first kappa shape index (κ1) is 6.78. The first-order valence-electron chi connectivity index (χ1n) is 4.32. The molecule has 0 aliphatic heterocycles. The summed E-state index contributed by atoms with van der Waals surface area (Å²) in [6, 6.07) is 6.15. The van der Waals surface area contributed by atoms with Crippen LogP contribution in [0, 0.1) is 0 Å². The summed E-state index contributed by atoms with van der Waals surface area (Å²) in [6.45, 7) is 0. The summed E-state index contributed by atoms with van der Waals surface area (Å²) in [5.41, 5.74) is 4.99. The molecule has 0 aromatic carbocycles. The highest BCUT2D eigenvalue weighted by molar-refractivity contribution is 5.74. The number of nitrogens with zero attached hydrogens (tertiary/aromatic N) is 2. The monoisotopic (exact) mass is 168 g/mol. The molecular weight excluding hydrogens is 160 g/mol. The summed E-state index contributed by atoms with van der Waals surface area (Å²) < 4.78 is 0. The van der Waals surface area contributed by atoms with Crippen molar-refractivity contribution >= 4 is 0 Å². The van der Waals surface area contributed by atoms with Crippen LogP contribution in [0.15, 0.2) is 36.8 Å². The number of hydrogen-bond acceptors (Lipinski definition) is 2. The van der Waals surface area contributed by atoms with Crippen molar-refractivity contribution in [1.82, 2.24) is 9.97 Å². The standard InChI is InChI=1S/C11H8N2/c1-2-9-10-7-12-5-3-8(10)6-11(9)13-4-1/h1-5,7H,6H2. The van der Waals surface area contributed by atoms with Gasteiger partial charge in [-0.25, -0.2) is 0 Å². The lowest BCUT2D eigenvalue weighted by molar-refractivity contribution is 1.12. The van der Waals surface area contributed by atoms with Crippen molar-refractivity contribution in [2.45, 2.75) is 6.42 Å². The molecule has 0 amide bonds. The van der Waals surface area contributed by atoms with Crippen LogP contribution in [-0.4, -0.2) is 9.97 Å². The van der Waals surface area contributed by atoms with Gasteiger partial charge in [0, 0.05) is 36.1 Å². The van der Waals surface area contributed by atoms with Crippen LogP contribution >= 0.6 is 0 Å². The van der Waals surface area contributed by atoms with E-state index < -0.39 is 0 Å². The fourth-order valence-corrected chi connectivity index (χ4v) is 1.82. The molecule has 0 bridgehead atoms.